The van der Waals surface area contributed by atoms with Crippen molar-refractivity contribution in [2.75, 3.05) is 38.3 Å². The van der Waals surface area contributed by atoms with E-state index >= 15 is 0 Å². The summed E-state index contributed by atoms with van der Waals surface area (Å²) in [6.45, 7) is 4.63. The van der Waals surface area contributed by atoms with Gasteiger partial charge >= 0.3 is 0 Å². The van der Waals surface area contributed by atoms with Gasteiger partial charge in [0.05, 0.1) is 36.9 Å². The number of nitrogens with one attached hydrogen (secondary N) is 1. The van der Waals surface area contributed by atoms with Crippen LogP contribution in [-0.2, 0) is 4.74 Å². The number of aromatic nitrogens is 1. The monoisotopic (exact) mass is 279 g/mol. The summed E-state index contributed by atoms with van der Waals surface area (Å²) in [5.41, 5.74) is 2.25. The Morgan fingerprint density at radius 1 is 1.45 bits per heavy atom. The summed E-state index contributed by atoms with van der Waals surface area (Å²) in [7, 11) is 1.94. The van der Waals surface area contributed by atoms with Crippen LogP contribution < -0.4 is 10.2 Å². The first-order valence-corrected chi connectivity index (χ1v) is 7.35. The molecule has 0 aromatic carbocycles. The van der Waals surface area contributed by atoms with Crippen molar-refractivity contribution in [3.8, 4) is 0 Å². The number of hydrogen-bond donors (Lipinski definition) is 2. The minimum atomic E-state index is 0.106. The molecule has 0 amide bonds. The maximum Gasteiger partial charge on any atom is 0.0701 e. The molecule has 5 nitrogen and oxygen atoms in total. The van der Waals surface area contributed by atoms with Crippen LogP contribution in [0, 0.1) is 0 Å². The van der Waals surface area contributed by atoms with Crippen LogP contribution in [0.5, 0.6) is 0 Å². The van der Waals surface area contributed by atoms with Gasteiger partial charge in [-0.1, -0.05) is 0 Å². The van der Waals surface area contributed by atoms with Gasteiger partial charge in [-0.15, -0.1) is 0 Å². The average molecular weight is 279 g/mol. The van der Waals surface area contributed by atoms with E-state index in [9.17, 15) is 0 Å². The summed E-state index contributed by atoms with van der Waals surface area (Å²) >= 11 is 0. The molecule has 20 heavy (non-hydrogen) atoms. The lowest BCUT2D eigenvalue weighted by Crippen LogP contribution is -2.37. The molecule has 1 aliphatic rings. The zero-order valence-electron chi connectivity index (χ0n) is 12.4. The third kappa shape index (κ3) is 3.91. The van der Waals surface area contributed by atoms with Crippen LogP contribution in [-0.4, -0.2) is 49.5 Å². The first-order chi connectivity index (χ1) is 9.74. The molecule has 5 heteroatoms. The molecule has 1 saturated heterocycles. The van der Waals surface area contributed by atoms with Gasteiger partial charge in [0.25, 0.3) is 0 Å². The number of ether oxygens (including phenoxy) is 1. The van der Waals surface area contributed by atoms with Crippen molar-refractivity contribution in [2.24, 2.45) is 0 Å². The van der Waals surface area contributed by atoms with Crippen molar-refractivity contribution < 1.29 is 9.84 Å². The van der Waals surface area contributed by atoms with E-state index in [1.807, 2.05) is 13.2 Å². The Morgan fingerprint density at radius 3 is 2.75 bits per heavy atom. The maximum atomic E-state index is 8.77. The molecule has 2 N–H and O–H groups in total. The third-order valence-electron chi connectivity index (χ3n) is 3.90. The Bertz CT molecular complexity index is 389. The van der Waals surface area contributed by atoms with E-state index in [2.05, 4.69) is 34.3 Å². The van der Waals surface area contributed by atoms with E-state index < -0.39 is 0 Å². The molecule has 2 heterocycles. The van der Waals surface area contributed by atoms with Gasteiger partial charge in [0.1, 0.15) is 0 Å². The fourth-order valence-corrected chi connectivity index (χ4v) is 2.49. The van der Waals surface area contributed by atoms with Crippen LogP contribution >= 0.6 is 0 Å². The number of hydrogen-bond acceptors (Lipinski definition) is 5. The predicted molar refractivity (Wildman–Crippen MR) is 80.0 cm³/mol. The lowest BCUT2D eigenvalue weighted by atomic mass is 10.1. The van der Waals surface area contributed by atoms with Crippen molar-refractivity contribution in [2.45, 2.75) is 31.9 Å². The van der Waals surface area contributed by atoms with E-state index in [4.69, 9.17) is 9.84 Å². The predicted octanol–water partition coefficient (Wildman–Crippen LogP) is 1.34. The second kappa shape index (κ2) is 7.57. The topological polar surface area (TPSA) is 57.6 Å². The van der Waals surface area contributed by atoms with E-state index in [0.717, 1.165) is 31.6 Å². The highest BCUT2D eigenvalue weighted by Gasteiger charge is 2.20. The third-order valence-corrected chi connectivity index (χ3v) is 3.90. The van der Waals surface area contributed by atoms with Crippen molar-refractivity contribution in [1.29, 1.82) is 0 Å². The summed E-state index contributed by atoms with van der Waals surface area (Å²) < 4.78 is 5.58. The van der Waals surface area contributed by atoms with Crippen LogP contribution in [0.15, 0.2) is 18.3 Å². The molecule has 0 radical (unpaired) electrons. The van der Waals surface area contributed by atoms with Gasteiger partial charge in [-0.05, 0) is 38.9 Å². The van der Waals surface area contributed by atoms with Gasteiger partial charge in [-0.25, -0.2) is 0 Å². The van der Waals surface area contributed by atoms with Crippen molar-refractivity contribution in [1.82, 2.24) is 10.3 Å². The van der Waals surface area contributed by atoms with Gasteiger partial charge in [0.2, 0.25) is 0 Å². The largest absolute Gasteiger partial charge is 0.394 e. The SMILES string of the molecule is CNC(C)c1ccc(N2CCC(OCCO)CC2)cn1. The quantitative estimate of drug-likeness (QED) is 0.823. The molecule has 0 bridgehead atoms. The Balaban J connectivity index is 1.87. The number of aliphatic hydroxyl groups is 1. The zero-order valence-corrected chi connectivity index (χ0v) is 12.4. The molecule has 1 aromatic rings. The number of rotatable bonds is 6. The normalized spacial score (nSPS) is 18.2. The highest BCUT2D eigenvalue weighted by Crippen LogP contribution is 2.21. The molecule has 1 fully saturated rings. The Kier molecular flexibility index (Phi) is 5.76. The van der Waals surface area contributed by atoms with Crippen molar-refractivity contribution in [3.63, 3.8) is 0 Å². The average Bonchev–Trinajstić information content (AvgIpc) is 2.53. The molecule has 0 spiro atoms. The molecular formula is C15H25N3O2. The summed E-state index contributed by atoms with van der Waals surface area (Å²) in [4.78, 5) is 6.87. The number of piperidine rings is 1. The minimum absolute atomic E-state index is 0.106. The molecule has 0 aliphatic carbocycles. The molecule has 1 aromatic heterocycles. The molecule has 1 aliphatic heterocycles. The van der Waals surface area contributed by atoms with Crippen LogP contribution in [0.2, 0.25) is 0 Å². The molecular weight excluding hydrogens is 254 g/mol. The second-order valence-corrected chi connectivity index (χ2v) is 5.23. The van der Waals surface area contributed by atoms with Crippen LogP contribution in [0.25, 0.3) is 0 Å². The first-order valence-electron chi connectivity index (χ1n) is 7.35. The molecule has 1 unspecified atom stereocenters. The highest BCUT2D eigenvalue weighted by molar-refractivity contribution is 5.45. The Labute approximate surface area is 121 Å². The lowest BCUT2D eigenvalue weighted by Gasteiger charge is -2.33. The number of aliphatic hydroxyl groups excluding tert-OH is 1. The number of nitrogens with zero attached hydrogens (tertiary/aromatic N) is 2. The van der Waals surface area contributed by atoms with Crippen LogP contribution in [0.1, 0.15) is 31.5 Å². The van der Waals surface area contributed by atoms with Crippen molar-refractivity contribution >= 4 is 5.69 Å². The first kappa shape index (κ1) is 15.2. The fourth-order valence-electron chi connectivity index (χ4n) is 2.49. The minimum Gasteiger partial charge on any atom is -0.394 e. The van der Waals surface area contributed by atoms with Crippen LogP contribution in [0.3, 0.4) is 0 Å². The van der Waals surface area contributed by atoms with Gasteiger partial charge in [-0.2, -0.15) is 0 Å². The lowest BCUT2D eigenvalue weighted by molar-refractivity contribution is 0.0159. The Hall–Kier alpha value is -1.17. The standard InChI is InChI=1S/C15H25N3O2/c1-12(16-2)15-4-3-13(11-17-15)18-7-5-14(6-8-18)20-10-9-19/h3-4,11-12,14,16,19H,5-10H2,1-2H3. The molecule has 2 rings (SSSR count). The number of anilines is 1. The number of pyridine rings is 1. The van der Waals surface area contributed by atoms with Gasteiger partial charge in [-0.3, -0.25) is 4.98 Å². The van der Waals surface area contributed by atoms with E-state index in [0.29, 0.717) is 6.61 Å². The van der Waals surface area contributed by atoms with E-state index in [1.54, 1.807) is 0 Å². The van der Waals surface area contributed by atoms with Gasteiger partial charge < -0.3 is 20.1 Å². The maximum absolute atomic E-state index is 8.77. The van der Waals surface area contributed by atoms with Crippen LogP contribution in [0.4, 0.5) is 5.69 Å². The zero-order chi connectivity index (χ0) is 14.4. The summed E-state index contributed by atoms with van der Waals surface area (Å²) in [5, 5.41) is 12.0. The summed E-state index contributed by atoms with van der Waals surface area (Å²) in [6.07, 6.45) is 4.26. The smallest absolute Gasteiger partial charge is 0.0701 e. The molecule has 1 atom stereocenters. The van der Waals surface area contributed by atoms with E-state index in [-0.39, 0.29) is 18.8 Å². The molecule has 0 saturated carbocycles. The Morgan fingerprint density at radius 2 is 2.20 bits per heavy atom. The van der Waals surface area contributed by atoms with Gasteiger partial charge in [0, 0.05) is 19.1 Å². The van der Waals surface area contributed by atoms with Crippen molar-refractivity contribution in [3.05, 3.63) is 24.0 Å². The second-order valence-electron chi connectivity index (χ2n) is 5.23. The fraction of sp³-hybridized carbons (Fsp3) is 0.667. The van der Waals surface area contributed by atoms with Gasteiger partial charge in [0.15, 0.2) is 0 Å². The van der Waals surface area contributed by atoms with E-state index in [1.165, 1.54) is 5.69 Å². The molecule has 112 valence electrons. The summed E-state index contributed by atoms with van der Waals surface area (Å²) in [6, 6.07) is 4.51. The highest BCUT2D eigenvalue weighted by atomic mass is 16.5. The summed E-state index contributed by atoms with van der Waals surface area (Å²) in [5.74, 6) is 0.